The Bertz CT molecular complexity index is 139. The van der Waals surface area contributed by atoms with Gasteiger partial charge in [0.2, 0.25) is 0 Å². The van der Waals surface area contributed by atoms with Gasteiger partial charge in [-0.25, -0.2) is 4.39 Å². The molecule has 0 aliphatic carbocycles. The Hall–Kier alpha value is -0.383. The smallest absolute Gasteiger partial charge is 0.294 e. The highest BCUT2D eigenvalue weighted by Crippen LogP contribution is 2.02. The van der Waals surface area contributed by atoms with Gasteiger partial charge >= 0.3 is 0 Å². The normalized spacial score (nSPS) is 14.1. The Morgan fingerprint density at radius 1 is 1.58 bits per heavy atom. The summed E-state index contributed by atoms with van der Waals surface area (Å²) in [6.07, 6.45) is 1.34. The van der Waals surface area contributed by atoms with Crippen LogP contribution in [0.2, 0.25) is 0 Å². The highest BCUT2D eigenvalue weighted by molar-refractivity contribution is 6.32. The maximum atomic E-state index is 12.8. The SMILES string of the molecule is CCCC(F)[SiH2]OC(=O)C(C)C. The fourth-order valence-corrected chi connectivity index (χ4v) is 1.99. The summed E-state index contributed by atoms with van der Waals surface area (Å²) in [5.41, 5.74) is 0. The summed E-state index contributed by atoms with van der Waals surface area (Å²) in [7, 11) is -1.28. The average molecular weight is 192 g/mol. The highest BCUT2D eigenvalue weighted by atomic mass is 28.2. The Morgan fingerprint density at radius 2 is 2.17 bits per heavy atom. The van der Waals surface area contributed by atoms with Gasteiger partial charge in [-0.05, 0) is 6.42 Å². The quantitative estimate of drug-likeness (QED) is 0.615. The Balaban J connectivity index is 3.47. The van der Waals surface area contributed by atoms with Crippen LogP contribution in [-0.2, 0) is 9.22 Å². The monoisotopic (exact) mass is 192 g/mol. The van der Waals surface area contributed by atoms with Crippen LogP contribution in [0.1, 0.15) is 33.6 Å². The van der Waals surface area contributed by atoms with E-state index in [-0.39, 0.29) is 11.9 Å². The molecule has 0 aromatic carbocycles. The van der Waals surface area contributed by atoms with Crippen molar-refractivity contribution in [3.05, 3.63) is 0 Å². The Labute approximate surface area is 75.4 Å². The predicted molar refractivity (Wildman–Crippen MR) is 49.3 cm³/mol. The Morgan fingerprint density at radius 3 is 2.58 bits per heavy atom. The summed E-state index contributed by atoms with van der Waals surface area (Å²) in [5, 5.41) is 0. The summed E-state index contributed by atoms with van der Waals surface area (Å²) in [6.45, 7) is 5.43. The van der Waals surface area contributed by atoms with Crippen LogP contribution in [0.4, 0.5) is 4.39 Å². The molecule has 0 aliphatic rings. The van der Waals surface area contributed by atoms with Crippen molar-refractivity contribution >= 4 is 15.7 Å². The molecule has 12 heavy (non-hydrogen) atoms. The molecule has 1 atom stereocenters. The van der Waals surface area contributed by atoms with Crippen molar-refractivity contribution in [3.63, 3.8) is 0 Å². The number of alkyl halides is 1. The summed E-state index contributed by atoms with van der Waals surface area (Å²) < 4.78 is 17.7. The highest BCUT2D eigenvalue weighted by Gasteiger charge is 2.12. The lowest BCUT2D eigenvalue weighted by Crippen LogP contribution is -2.21. The fraction of sp³-hybridized carbons (Fsp3) is 0.875. The molecular formula is C8H17FO2Si. The van der Waals surface area contributed by atoms with Crippen LogP contribution in [0, 0.1) is 5.92 Å². The van der Waals surface area contributed by atoms with Gasteiger partial charge in [-0.3, -0.25) is 4.79 Å². The van der Waals surface area contributed by atoms with Crippen molar-refractivity contribution in [3.8, 4) is 0 Å². The molecule has 0 spiro atoms. The number of carbonyl (C=O) groups is 1. The largest absolute Gasteiger partial charge is 0.522 e. The molecule has 0 aromatic heterocycles. The van der Waals surface area contributed by atoms with Crippen LogP contribution >= 0.6 is 0 Å². The van der Waals surface area contributed by atoms with Crippen LogP contribution in [0.15, 0.2) is 0 Å². The molecule has 0 heterocycles. The van der Waals surface area contributed by atoms with E-state index in [0.717, 1.165) is 6.42 Å². The van der Waals surface area contributed by atoms with Crippen LogP contribution in [-0.4, -0.2) is 21.5 Å². The van der Waals surface area contributed by atoms with Gasteiger partial charge < -0.3 is 4.43 Å². The maximum absolute atomic E-state index is 12.8. The second kappa shape index (κ2) is 6.17. The molecule has 0 rings (SSSR count). The van der Waals surface area contributed by atoms with Crippen LogP contribution in [0.5, 0.6) is 0 Å². The second-order valence-electron chi connectivity index (χ2n) is 3.17. The standard InChI is InChI=1S/C8H17FO2Si/c1-4-5-7(9)12-11-8(10)6(2)3/h6-7H,4-5,12H2,1-3H3. The van der Waals surface area contributed by atoms with Crippen LogP contribution in [0.25, 0.3) is 0 Å². The Kier molecular flexibility index (Phi) is 5.97. The van der Waals surface area contributed by atoms with Gasteiger partial charge in [0.05, 0.1) is 0 Å². The lowest BCUT2D eigenvalue weighted by atomic mass is 10.2. The topological polar surface area (TPSA) is 26.3 Å². The predicted octanol–water partition coefficient (Wildman–Crippen LogP) is 1.37. The third-order valence-corrected chi connectivity index (χ3v) is 2.70. The minimum Gasteiger partial charge on any atom is -0.522 e. The molecule has 0 aromatic rings. The number of halogens is 1. The van der Waals surface area contributed by atoms with Crippen molar-refractivity contribution in [2.75, 3.05) is 0 Å². The van der Waals surface area contributed by atoms with Crippen molar-refractivity contribution in [2.24, 2.45) is 5.92 Å². The molecule has 0 radical (unpaired) electrons. The molecule has 1 unspecified atom stereocenters. The first kappa shape index (κ1) is 11.6. The molecule has 0 fully saturated rings. The van der Waals surface area contributed by atoms with Gasteiger partial charge in [0, 0.05) is 5.92 Å². The molecular weight excluding hydrogens is 175 g/mol. The van der Waals surface area contributed by atoms with E-state index in [1.54, 1.807) is 13.8 Å². The maximum Gasteiger partial charge on any atom is 0.294 e. The summed E-state index contributed by atoms with van der Waals surface area (Å²) >= 11 is 0. The van der Waals surface area contributed by atoms with E-state index in [4.69, 9.17) is 4.43 Å². The molecule has 0 saturated carbocycles. The zero-order valence-corrected chi connectivity index (χ0v) is 9.38. The van der Waals surface area contributed by atoms with E-state index < -0.39 is 15.6 Å². The molecule has 0 bridgehead atoms. The van der Waals surface area contributed by atoms with Crippen LogP contribution < -0.4 is 0 Å². The molecule has 2 nitrogen and oxygen atoms in total. The third-order valence-electron chi connectivity index (χ3n) is 1.48. The zero-order chi connectivity index (χ0) is 9.56. The van der Waals surface area contributed by atoms with Crippen molar-refractivity contribution < 1.29 is 13.6 Å². The van der Waals surface area contributed by atoms with Gasteiger partial charge in [-0.15, -0.1) is 0 Å². The van der Waals surface area contributed by atoms with E-state index in [9.17, 15) is 9.18 Å². The molecule has 4 heteroatoms. The minimum absolute atomic E-state index is 0.133. The van der Waals surface area contributed by atoms with E-state index >= 15 is 0 Å². The van der Waals surface area contributed by atoms with E-state index in [2.05, 4.69) is 0 Å². The first-order valence-corrected chi connectivity index (χ1v) is 5.78. The van der Waals surface area contributed by atoms with Crippen molar-refractivity contribution in [1.29, 1.82) is 0 Å². The van der Waals surface area contributed by atoms with E-state index in [1.165, 1.54) is 0 Å². The summed E-state index contributed by atoms with van der Waals surface area (Å²) in [6, 6.07) is 0. The minimum atomic E-state index is -1.28. The average Bonchev–Trinajstić information content (AvgIpc) is 2.00. The number of carbonyl (C=O) groups excluding carboxylic acids is 1. The van der Waals surface area contributed by atoms with Gasteiger partial charge in [0.25, 0.3) is 15.7 Å². The molecule has 0 N–H and O–H groups in total. The second-order valence-corrected chi connectivity index (χ2v) is 4.68. The van der Waals surface area contributed by atoms with Gasteiger partial charge in [0.1, 0.15) is 5.79 Å². The van der Waals surface area contributed by atoms with Crippen molar-refractivity contribution in [1.82, 2.24) is 0 Å². The zero-order valence-electron chi connectivity index (χ0n) is 7.97. The van der Waals surface area contributed by atoms with Gasteiger partial charge in [-0.1, -0.05) is 27.2 Å². The van der Waals surface area contributed by atoms with Gasteiger partial charge in [-0.2, -0.15) is 0 Å². The summed E-state index contributed by atoms with van der Waals surface area (Å²) in [5.74, 6) is -1.26. The fourth-order valence-electron chi connectivity index (χ4n) is 0.736. The molecule has 0 aliphatic heterocycles. The number of hydrogen-bond acceptors (Lipinski definition) is 2. The summed E-state index contributed by atoms with van der Waals surface area (Å²) in [4.78, 5) is 10.9. The van der Waals surface area contributed by atoms with Crippen molar-refractivity contribution in [2.45, 2.75) is 39.4 Å². The first-order chi connectivity index (χ1) is 5.57. The lowest BCUT2D eigenvalue weighted by molar-refractivity contribution is -0.138. The van der Waals surface area contributed by atoms with E-state index in [0.29, 0.717) is 6.42 Å². The molecule has 72 valence electrons. The first-order valence-electron chi connectivity index (χ1n) is 4.38. The van der Waals surface area contributed by atoms with Crippen LogP contribution in [0.3, 0.4) is 0 Å². The third kappa shape index (κ3) is 5.29. The number of hydrogen-bond donors (Lipinski definition) is 0. The molecule has 0 saturated heterocycles. The van der Waals surface area contributed by atoms with E-state index in [1.807, 2.05) is 6.92 Å². The van der Waals surface area contributed by atoms with Gasteiger partial charge in [0.15, 0.2) is 0 Å². The molecule has 0 amide bonds. The number of rotatable bonds is 5. The lowest BCUT2D eigenvalue weighted by Gasteiger charge is -2.09.